The van der Waals surface area contributed by atoms with Gasteiger partial charge in [0.25, 0.3) is 11.8 Å². The summed E-state index contributed by atoms with van der Waals surface area (Å²) in [6.07, 6.45) is 3.79. The molecule has 0 saturated carbocycles. The Hall–Kier alpha value is -5.13. The summed E-state index contributed by atoms with van der Waals surface area (Å²) in [6, 6.07) is 18.5. The smallest absolute Gasteiger partial charge is 0.260 e. The Bertz CT molecular complexity index is 1710. The predicted molar refractivity (Wildman–Crippen MR) is 158 cm³/mol. The average Bonchev–Trinajstić information content (AvgIpc) is 3.70. The summed E-state index contributed by atoms with van der Waals surface area (Å²) in [5.74, 6) is 1.07. The van der Waals surface area contributed by atoms with E-state index in [1.165, 1.54) is 11.2 Å². The molecule has 12 nitrogen and oxygen atoms in total. The van der Waals surface area contributed by atoms with Crippen molar-refractivity contribution >= 4 is 23.4 Å². The van der Waals surface area contributed by atoms with E-state index >= 15 is 0 Å². The van der Waals surface area contributed by atoms with Crippen molar-refractivity contribution in [2.45, 2.75) is 12.3 Å². The van der Waals surface area contributed by atoms with E-state index in [1.54, 1.807) is 27.6 Å². The lowest BCUT2D eigenvalue weighted by atomic mass is 9.73. The standard InChI is InChI=1S/C32H32N6O6/c39-27-16-36(31(41)24-10-5-12-37-21-34-35-30(24)37)13-6-14-42-26-11-4-9-23-25-15-38(19-32(25,18-33-27)20-44-29(23)26)28(40)17-43-22-7-2-1-3-8-22/h1-5,7-12,21,25H,6,13-20H2,(H,33,39)/t25-,32+/m0/s1. The lowest BCUT2D eigenvalue weighted by molar-refractivity contribution is -0.132. The molecular weight excluding hydrogens is 564 g/mol. The van der Waals surface area contributed by atoms with Crippen LogP contribution < -0.4 is 19.5 Å². The van der Waals surface area contributed by atoms with E-state index in [-0.39, 0.29) is 43.3 Å². The molecule has 1 N–H and O–H groups in total. The van der Waals surface area contributed by atoms with Crippen molar-refractivity contribution in [3.63, 3.8) is 0 Å². The Morgan fingerprint density at radius 1 is 1.05 bits per heavy atom. The lowest BCUT2D eigenvalue weighted by Crippen LogP contribution is -2.50. The van der Waals surface area contributed by atoms with Gasteiger partial charge in [-0.05, 0) is 36.8 Å². The van der Waals surface area contributed by atoms with Crippen molar-refractivity contribution in [2.24, 2.45) is 5.41 Å². The Balaban J connectivity index is 1.14. The maximum Gasteiger partial charge on any atom is 0.260 e. The number of nitrogens with zero attached hydrogens (tertiary/aromatic N) is 5. The first-order chi connectivity index (χ1) is 21.5. The predicted octanol–water partition coefficient (Wildman–Crippen LogP) is 2.15. The highest BCUT2D eigenvalue weighted by Crippen LogP contribution is 2.52. The van der Waals surface area contributed by atoms with E-state index in [0.29, 0.717) is 67.7 Å². The van der Waals surface area contributed by atoms with E-state index in [2.05, 4.69) is 15.5 Å². The van der Waals surface area contributed by atoms with Crippen LogP contribution in [0.2, 0.25) is 0 Å². The zero-order chi connectivity index (χ0) is 30.1. The second-order valence-electron chi connectivity index (χ2n) is 11.4. The molecule has 0 aliphatic carbocycles. The quantitative estimate of drug-likeness (QED) is 0.380. The van der Waals surface area contributed by atoms with Gasteiger partial charge in [0.05, 0.1) is 25.3 Å². The Kier molecular flexibility index (Phi) is 7.24. The molecule has 6 heterocycles. The van der Waals surface area contributed by atoms with Crippen LogP contribution in [0.15, 0.2) is 73.2 Å². The summed E-state index contributed by atoms with van der Waals surface area (Å²) < 4.78 is 19.9. The molecule has 8 rings (SSSR count). The number of pyridine rings is 1. The maximum absolute atomic E-state index is 13.7. The molecule has 4 aromatic rings. The SMILES string of the molecule is O=C1CN(C(=O)c2cccn3cnnc23)CCCOc2cccc3c2OC[C@@]2(CN1)CN(C(=O)COc1ccccc1)C[C@@H]32. The Morgan fingerprint density at radius 2 is 1.93 bits per heavy atom. The van der Waals surface area contributed by atoms with E-state index in [0.717, 1.165) is 5.56 Å². The lowest BCUT2D eigenvalue weighted by Gasteiger charge is -2.40. The molecule has 0 unspecified atom stereocenters. The minimum Gasteiger partial charge on any atom is -0.490 e. The summed E-state index contributed by atoms with van der Waals surface area (Å²) in [4.78, 5) is 43.8. The van der Waals surface area contributed by atoms with Gasteiger partial charge in [-0.25, -0.2) is 0 Å². The van der Waals surface area contributed by atoms with Crippen molar-refractivity contribution < 1.29 is 28.6 Å². The third kappa shape index (κ3) is 5.16. The zero-order valence-electron chi connectivity index (χ0n) is 24.1. The number of nitrogens with one attached hydrogen (secondary N) is 1. The number of hydrogen-bond acceptors (Lipinski definition) is 8. The fraction of sp³-hybridized carbons (Fsp3) is 0.344. The fourth-order valence-corrected chi connectivity index (χ4v) is 6.39. The van der Waals surface area contributed by atoms with Crippen LogP contribution in [0.25, 0.3) is 5.65 Å². The van der Waals surface area contributed by atoms with Gasteiger partial charge >= 0.3 is 0 Å². The molecule has 12 heteroatoms. The summed E-state index contributed by atoms with van der Waals surface area (Å²) in [5, 5.41) is 11.1. The molecule has 226 valence electrons. The minimum absolute atomic E-state index is 0.0914. The molecule has 1 fully saturated rings. The first kappa shape index (κ1) is 27.7. The number of benzene rings is 2. The van der Waals surface area contributed by atoms with Crippen LogP contribution >= 0.6 is 0 Å². The van der Waals surface area contributed by atoms with Crippen molar-refractivity contribution in [1.82, 2.24) is 29.7 Å². The largest absolute Gasteiger partial charge is 0.490 e. The van der Waals surface area contributed by atoms with Crippen molar-refractivity contribution in [1.29, 1.82) is 0 Å². The third-order valence-electron chi connectivity index (χ3n) is 8.64. The molecule has 2 aromatic carbocycles. The monoisotopic (exact) mass is 596 g/mol. The van der Waals surface area contributed by atoms with Crippen LogP contribution in [0.3, 0.4) is 0 Å². The molecule has 4 aliphatic heterocycles. The molecule has 1 spiro atoms. The van der Waals surface area contributed by atoms with Crippen molar-refractivity contribution in [2.75, 3.05) is 52.5 Å². The number of rotatable bonds is 4. The number of carbonyl (C=O) groups excluding carboxylic acids is 3. The van der Waals surface area contributed by atoms with Crippen LogP contribution in [-0.4, -0.2) is 94.7 Å². The average molecular weight is 597 g/mol. The van der Waals surface area contributed by atoms with Gasteiger partial charge in [0.15, 0.2) is 23.8 Å². The van der Waals surface area contributed by atoms with Gasteiger partial charge in [-0.3, -0.25) is 18.8 Å². The molecule has 2 atom stereocenters. The Morgan fingerprint density at radius 3 is 2.82 bits per heavy atom. The topological polar surface area (TPSA) is 128 Å². The molecule has 3 amide bonds. The van der Waals surface area contributed by atoms with E-state index in [1.807, 2.05) is 48.5 Å². The van der Waals surface area contributed by atoms with Crippen molar-refractivity contribution in [3.05, 3.63) is 84.3 Å². The van der Waals surface area contributed by atoms with Crippen LogP contribution in [-0.2, 0) is 9.59 Å². The van der Waals surface area contributed by atoms with Gasteiger partial charge in [0.1, 0.15) is 12.1 Å². The van der Waals surface area contributed by atoms with Crippen LogP contribution in [0.4, 0.5) is 0 Å². The van der Waals surface area contributed by atoms with Gasteiger partial charge in [-0.1, -0.05) is 30.3 Å². The summed E-state index contributed by atoms with van der Waals surface area (Å²) in [6.45, 7) is 1.80. The molecule has 2 aromatic heterocycles. The molecule has 0 radical (unpaired) electrons. The van der Waals surface area contributed by atoms with E-state index < -0.39 is 5.41 Å². The number of fused-ring (bicyclic) bond motifs is 10. The second kappa shape index (κ2) is 11.5. The number of hydrogen-bond donors (Lipinski definition) is 1. The third-order valence-corrected chi connectivity index (χ3v) is 8.64. The first-order valence-corrected chi connectivity index (χ1v) is 14.7. The normalized spacial score (nSPS) is 21.5. The van der Waals surface area contributed by atoms with E-state index in [9.17, 15) is 14.4 Å². The highest BCUT2D eigenvalue weighted by atomic mass is 16.5. The van der Waals surface area contributed by atoms with Gasteiger partial charge in [0, 0.05) is 49.3 Å². The van der Waals surface area contributed by atoms with Gasteiger partial charge < -0.3 is 29.3 Å². The molecule has 4 bridgehead atoms. The molecular formula is C32H32N6O6. The number of carbonyl (C=O) groups is 3. The minimum atomic E-state index is -0.574. The van der Waals surface area contributed by atoms with Crippen LogP contribution in [0, 0.1) is 5.41 Å². The molecule has 44 heavy (non-hydrogen) atoms. The van der Waals surface area contributed by atoms with Gasteiger partial charge in [-0.2, -0.15) is 0 Å². The number of likely N-dealkylation sites (tertiary alicyclic amines) is 1. The summed E-state index contributed by atoms with van der Waals surface area (Å²) in [7, 11) is 0. The highest BCUT2D eigenvalue weighted by molar-refractivity contribution is 6.01. The van der Waals surface area contributed by atoms with Crippen molar-refractivity contribution in [3.8, 4) is 17.2 Å². The van der Waals surface area contributed by atoms with Crippen LogP contribution in [0.1, 0.15) is 28.3 Å². The summed E-state index contributed by atoms with van der Waals surface area (Å²) in [5.41, 5.74) is 1.17. The van der Waals surface area contributed by atoms with Crippen LogP contribution in [0.5, 0.6) is 17.2 Å². The fourth-order valence-electron chi connectivity index (χ4n) is 6.39. The molecule has 4 aliphatic rings. The van der Waals surface area contributed by atoms with Gasteiger partial charge in [-0.15, -0.1) is 10.2 Å². The Labute approximate surface area is 253 Å². The number of aromatic nitrogens is 3. The second-order valence-corrected chi connectivity index (χ2v) is 11.4. The zero-order valence-corrected chi connectivity index (χ0v) is 24.1. The van der Waals surface area contributed by atoms with Gasteiger partial charge in [0.2, 0.25) is 5.91 Å². The number of amides is 3. The first-order valence-electron chi connectivity index (χ1n) is 14.7. The maximum atomic E-state index is 13.7. The van der Waals surface area contributed by atoms with E-state index in [4.69, 9.17) is 14.2 Å². The highest BCUT2D eigenvalue weighted by Gasteiger charge is 2.53. The molecule has 1 saturated heterocycles. The number of para-hydroxylation sites is 2. The summed E-state index contributed by atoms with van der Waals surface area (Å²) >= 11 is 0. The number of ether oxygens (including phenoxy) is 3.